The van der Waals surface area contributed by atoms with Crippen molar-refractivity contribution in [3.05, 3.63) is 152 Å². The Morgan fingerprint density at radius 3 is 1.27 bits per heavy atom. The summed E-state index contributed by atoms with van der Waals surface area (Å²) in [6, 6.07) is 7.69. The number of hydrogen-bond donors (Lipinski definition) is 6. The Labute approximate surface area is 695 Å². The number of benzene rings is 4. The Hall–Kier alpha value is -11.9. The Morgan fingerprint density at radius 2 is 0.879 bits per heavy atom. The summed E-state index contributed by atoms with van der Waals surface area (Å²) in [5.41, 5.74) is 5.45. The van der Waals surface area contributed by atoms with Gasteiger partial charge in [0.2, 0.25) is 41.5 Å². The van der Waals surface area contributed by atoms with Crippen molar-refractivity contribution < 1.29 is 66.7 Å². The van der Waals surface area contributed by atoms with Crippen molar-refractivity contribution in [2.24, 2.45) is 7.05 Å². The van der Waals surface area contributed by atoms with Crippen molar-refractivity contribution in [2.75, 3.05) is 141 Å². The molecule has 5 aliphatic heterocycles. The number of nitrogens with one attached hydrogen (secondary N) is 6. The summed E-state index contributed by atoms with van der Waals surface area (Å²) in [5, 5.41) is 23.3. The van der Waals surface area contributed by atoms with E-state index in [4.69, 9.17) is 103 Å². The van der Waals surface area contributed by atoms with Gasteiger partial charge in [0.15, 0.2) is 0 Å². The van der Waals surface area contributed by atoms with E-state index in [0.717, 1.165) is 11.1 Å². The third-order valence-corrected chi connectivity index (χ3v) is 21.2. The summed E-state index contributed by atoms with van der Waals surface area (Å²) >= 11 is 39.4. The van der Waals surface area contributed by atoms with E-state index in [1.165, 1.54) is 97.2 Å². The number of carbonyl (C=O) groups is 7. The summed E-state index contributed by atoms with van der Waals surface area (Å²) in [6.45, 7) is 13.8. The minimum atomic E-state index is -0.430. The molecule has 2 unspecified atom stereocenters. The first-order valence-corrected chi connectivity index (χ1v) is 37.4. The average Bonchev–Trinajstić information content (AvgIpc) is 0.914. The van der Waals surface area contributed by atoms with Crippen LogP contribution in [0.4, 0.5) is 78.1 Å². The Balaban J connectivity index is 0.000000172. The van der Waals surface area contributed by atoms with Gasteiger partial charge in [-0.1, -0.05) is 95.4 Å². The van der Waals surface area contributed by atoms with Crippen molar-refractivity contribution in [2.45, 2.75) is 57.1 Å². The lowest BCUT2D eigenvalue weighted by atomic mass is 10.0. The number of aryl methyl sites for hydroxylation is 1. The number of carbonyl (C=O) groups excluding carboxylic acids is 7. The number of hydrogen-bond acceptors (Lipinski definition) is 24. The maximum Gasteiger partial charge on any atom is 0.330 e. The molecule has 4 aromatic heterocycles. The maximum atomic E-state index is 13.6. The van der Waals surface area contributed by atoms with Gasteiger partial charge in [-0.25, -0.2) is 29.3 Å². The van der Waals surface area contributed by atoms with Crippen molar-refractivity contribution in [3.8, 4) is 45.6 Å². The molecule has 41 heteroatoms. The molecule has 9 heterocycles. The molecule has 610 valence electrons. The number of fused-ring (bicyclic) bond motifs is 3. The third kappa shape index (κ3) is 17.8. The molecule has 4 aromatic carbocycles. The van der Waals surface area contributed by atoms with E-state index in [-0.39, 0.29) is 127 Å². The van der Waals surface area contributed by atoms with Gasteiger partial charge in [0.05, 0.1) is 128 Å². The fourth-order valence-electron chi connectivity index (χ4n) is 13.0. The molecule has 6 N–H and O–H groups in total. The second kappa shape index (κ2) is 36.7. The molecule has 10 amide bonds. The van der Waals surface area contributed by atoms with Crippen LogP contribution in [0, 0.1) is 0 Å². The highest BCUT2D eigenvalue weighted by Gasteiger charge is 2.41. The Morgan fingerprint density at radius 1 is 0.491 bits per heavy atom. The molecule has 4 atom stereocenters. The van der Waals surface area contributed by atoms with Crippen LogP contribution >= 0.6 is 69.6 Å². The largest absolute Gasteiger partial charge is 0.495 e. The fraction of sp³-hybridized carbons (Fsp3) is 0.307. The van der Waals surface area contributed by atoms with Crippen LogP contribution in [0.25, 0.3) is 11.1 Å². The number of likely N-dealkylation sites (tertiary alicyclic amines) is 1. The third-order valence-electron chi connectivity index (χ3n) is 19.0. The zero-order valence-corrected chi connectivity index (χ0v) is 68.9. The van der Waals surface area contributed by atoms with Crippen LogP contribution in [-0.4, -0.2) is 201 Å². The molecular weight excluding hydrogens is 1630 g/mol. The van der Waals surface area contributed by atoms with Gasteiger partial charge in [0.25, 0.3) is 0 Å². The number of halogens is 6. The second-order valence-electron chi connectivity index (χ2n) is 26.1. The highest BCUT2D eigenvalue weighted by Crippen LogP contribution is 2.51. The van der Waals surface area contributed by atoms with Gasteiger partial charge in [0.1, 0.15) is 82.1 Å². The van der Waals surface area contributed by atoms with Gasteiger partial charge in [-0.15, -0.1) is 0 Å². The van der Waals surface area contributed by atoms with Crippen molar-refractivity contribution in [1.82, 2.24) is 55.2 Å². The first-order valence-electron chi connectivity index (χ1n) is 35.1. The number of aromatic nitrogens is 8. The van der Waals surface area contributed by atoms with E-state index < -0.39 is 18.1 Å². The Kier molecular flexibility index (Phi) is 26.9. The number of rotatable bonds is 22. The van der Waals surface area contributed by atoms with Crippen molar-refractivity contribution >= 4 is 175 Å². The summed E-state index contributed by atoms with van der Waals surface area (Å²) in [4.78, 5) is 125. The molecule has 35 nitrogen and oxygen atoms in total. The molecule has 0 saturated carbocycles. The summed E-state index contributed by atoms with van der Waals surface area (Å²) < 4.78 is 39.3. The lowest BCUT2D eigenvalue weighted by Crippen LogP contribution is -2.52. The number of urea groups is 3. The number of anilines is 11. The van der Waals surface area contributed by atoms with E-state index in [0.29, 0.717) is 119 Å². The van der Waals surface area contributed by atoms with E-state index >= 15 is 0 Å². The molecule has 8 aromatic rings. The standard InChI is InChI=1S/C28H26Cl2N8O4.C24H27Cl2N7O5.C23H26Cl2N6O5/c1-6-22(39)33-19-9-15(16-12-32-36(2)13-16)7-8-18(19)34-27-31-11-17-14-38(28(40)37(3)26(17)35-27)25-23(29)20(41-4)10-21(42-5)24(25)30;1-6-18(35)28-14-10-32(12(2)34)11-15(14)29-23-27-8-13-9-33(24(36)31(3)22(13)30-23)21-19(25)16(37-4)7-17(38-5)20(21)26;1-5-17(32)27-14-11-36-7-6-13(14)28-22-26-9-12-10-31(23(33)30(2)21(12)29-22)20-18(24)15(34-3)8-16(35-4)19(20)25/h6-13H,1,14H2,2-5H3,(H,33,39)(H,31,34,35);6-8,14-15H,1,9-11H2,2-5H3,(H,28,35)(H,27,29,30);5,8-9,13-14H,1,6-7,10-11H2,2-4H3,(H,27,32)(H,26,28,29)/t;;13-,14+/m..1/s1. The molecule has 116 heavy (non-hydrogen) atoms. The summed E-state index contributed by atoms with van der Waals surface area (Å²) in [7, 11) is 15.3. The van der Waals surface area contributed by atoms with Crippen molar-refractivity contribution in [1.29, 1.82) is 0 Å². The van der Waals surface area contributed by atoms with Gasteiger partial charge < -0.3 is 70.0 Å². The molecule has 0 radical (unpaired) electrons. The first-order chi connectivity index (χ1) is 55.5. The van der Waals surface area contributed by atoms with E-state index in [9.17, 15) is 33.6 Å². The van der Waals surface area contributed by atoms with Crippen LogP contribution in [0.3, 0.4) is 0 Å². The number of methoxy groups -OCH3 is 6. The van der Waals surface area contributed by atoms with Gasteiger partial charge >= 0.3 is 18.1 Å². The highest BCUT2D eigenvalue weighted by molar-refractivity contribution is 6.44. The SMILES string of the molecule is C=CC(=O)NC1CN(C(C)=O)CC1Nc1ncc2c(n1)N(C)C(=O)N(c1c(Cl)c(OC)cc(OC)c1Cl)C2.C=CC(=O)N[C@H]1COCC[C@H]1Nc1ncc2c(n1)N(C)C(=O)N(c1c(Cl)c(OC)cc(OC)c1Cl)C2.C=CC(=O)Nc1cc(-c2cnn(C)c2)ccc1Nc1ncc2c(n1)N(C)C(=O)N(c1c(Cl)c(OC)cc(OC)c1Cl)C2. The average molecular weight is 1710 g/mol. The molecule has 0 aliphatic carbocycles. The van der Waals surface area contributed by atoms with E-state index in [2.05, 4.69) is 86.6 Å². The number of nitrogens with zero attached hydrogens (tertiary/aromatic N) is 15. The maximum absolute atomic E-state index is 13.6. The molecule has 0 spiro atoms. The first kappa shape index (κ1) is 85.0. The number of amides is 10. The smallest absolute Gasteiger partial charge is 0.330 e. The highest BCUT2D eigenvalue weighted by atomic mass is 35.5. The van der Waals surface area contributed by atoms with Crippen LogP contribution in [0.2, 0.25) is 30.1 Å². The van der Waals surface area contributed by atoms with E-state index in [1.807, 2.05) is 25.4 Å². The summed E-state index contributed by atoms with van der Waals surface area (Å²) in [5.74, 6) is 2.70. The molecular formula is C75H79Cl6N21O14. The van der Waals surface area contributed by atoms with Crippen LogP contribution in [0.5, 0.6) is 34.5 Å². The molecule has 2 fully saturated rings. The monoisotopic (exact) mass is 1710 g/mol. The van der Waals surface area contributed by atoms with Gasteiger partial charge in [0, 0.05) is 120 Å². The predicted molar refractivity (Wildman–Crippen MR) is 442 cm³/mol. The van der Waals surface area contributed by atoms with Crippen LogP contribution in [0.15, 0.2) is 105 Å². The lowest BCUT2D eigenvalue weighted by molar-refractivity contribution is -0.128. The topological polar surface area (TPSA) is 374 Å². The minimum Gasteiger partial charge on any atom is -0.495 e. The minimum absolute atomic E-state index is 0.0914. The molecule has 2 saturated heterocycles. The van der Waals surface area contributed by atoms with Crippen LogP contribution in [0.1, 0.15) is 30.0 Å². The van der Waals surface area contributed by atoms with Gasteiger partial charge in [-0.3, -0.25) is 53.3 Å². The lowest BCUT2D eigenvalue weighted by Gasteiger charge is -2.36. The number of ether oxygens (including phenoxy) is 7. The van der Waals surface area contributed by atoms with Gasteiger partial charge in [-0.2, -0.15) is 20.1 Å². The zero-order valence-electron chi connectivity index (χ0n) is 64.4. The van der Waals surface area contributed by atoms with Crippen LogP contribution < -0.4 is 89.7 Å². The zero-order chi connectivity index (χ0) is 83.8. The molecule has 0 bridgehead atoms. The Bertz CT molecular complexity index is 5130. The molecule has 5 aliphatic rings. The van der Waals surface area contributed by atoms with Crippen LogP contribution in [-0.2, 0) is 50.6 Å². The van der Waals surface area contributed by atoms with Crippen molar-refractivity contribution in [3.63, 3.8) is 0 Å². The predicted octanol–water partition coefficient (Wildman–Crippen LogP) is 11.6. The van der Waals surface area contributed by atoms with Gasteiger partial charge in [-0.05, 0) is 42.3 Å². The fourth-order valence-corrected chi connectivity index (χ4v) is 15.1. The second-order valence-corrected chi connectivity index (χ2v) is 28.4. The molecule has 13 rings (SSSR count). The van der Waals surface area contributed by atoms with E-state index in [1.54, 1.807) is 79.8 Å². The quantitative estimate of drug-likeness (QED) is 0.0343. The summed E-state index contributed by atoms with van der Waals surface area (Å²) in [6.07, 6.45) is 12.6. The normalized spacial score (nSPS) is 16.7.